The molecule has 0 aromatic carbocycles. The lowest BCUT2D eigenvalue weighted by atomic mass is 10.2. The van der Waals surface area contributed by atoms with Gasteiger partial charge in [-0.15, -0.1) is 0 Å². The van der Waals surface area contributed by atoms with Gasteiger partial charge < -0.3 is 19.1 Å². The Labute approximate surface area is 139 Å². The fourth-order valence-corrected chi connectivity index (χ4v) is 2.68. The summed E-state index contributed by atoms with van der Waals surface area (Å²) in [6.45, 7) is 1.93. The van der Waals surface area contributed by atoms with E-state index in [9.17, 15) is 0 Å². The van der Waals surface area contributed by atoms with Gasteiger partial charge in [0.25, 0.3) is 0 Å². The van der Waals surface area contributed by atoms with Crippen LogP contribution in [0.25, 0.3) is 17.5 Å². The molecule has 3 aromatic heterocycles. The molecule has 120 valence electrons. The first-order valence-corrected chi connectivity index (χ1v) is 7.69. The summed E-state index contributed by atoms with van der Waals surface area (Å²) in [7, 11) is 1.65. The number of nitrogens with one attached hydrogen (secondary N) is 2. The van der Waals surface area contributed by atoms with Crippen LogP contribution in [0.2, 0.25) is 0 Å². The number of hydrogen-bond acceptors (Lipinski definition) is 3. The highest BCUT2D eigenvalue weighted by atomic mass is 16.5. The first-order valence-electron chi connectivity index (χ1n) is 7.69. The number of aliphatic imine (C=N–C) groups is 1. The number of hydrogen-bond donors (Lipinski definition) is 2. The van der Waals surface area contributed by atoms with Gasteiger partial charge in [0.2, 0.25) is 0 Å². The Morgan fingerprint density at radius 3 is 2.75 bits per heavy atom. The highest BCUT2D eigenvalue weighted by Gasteiger charge is 2.17. The Bertz CT molecular complexity index is 953. The van der Waals surface area contributed by atoms with Crippen molar-refractivity contribution in [1.82, 2.24) is 9.97 Å². The molecule has 0 saturated carbocycles. The zero-order chi connectivity index (χ0) is 16.5. The van der Waals surface area contributed by atoms with Crippen LogP contribution in [0.3, 0.4) is 0 Å². The zero-order valence-electron chi connectivity index (χ0n) is 13.5. The van der Waals surface area contributed by atoms with E-state index < -0.39 is 0 Å². The van der Waals surface area contributed by atoms with Crippen LogP contribution < -0.4 is 0 Å². The molecule has 0 saturated heterocycles. The Hall–Kier alpha value is -3.21. The van der Waals surface area contributed by atoms with E-state index in [1.54, 1.807) is 7.11 Å². The maximum absolute atomic E-state index is 5.64. The Balaban J connectivity index is 1.65. The van der Waals surface area contributed by atoms with Crippen molar-refractivity contribution in [2.24, 2.45) is 4.99 Å². The van der Waals surface area contributed by atoms with Crippen LogP contribution in [0, 0.1) is 6.92 Å². The van der Waals surface area contributed by atoms with Crippen molar-refractivity contribution in [3.05, 3.63) is 77.3 Å². The summed E-state index contributed by atoms with van der Waals surface area (Å²) in [6.07, 6.45) is 5.77. The number of allylic oxidation sites excluding steroid dienone is 1. The van der Waals surface area contributed by atoms with Gasteiger partial charge in [0.1, 0.15) is 23.0 Å². The molecule has 0 atom stereocenters. The summed E-state index contributed by atoms with van der Waals surface area (Å²) in [4.78, 5) is 11.1. The van der Waals surface area contributed by atoms with Gasteiger partial charge >= 0.3 is 0 Å². The summed E-state index contributed by atoms with van der Waals surface area (Å²) in [6, 6.07) is 11.8. The summed E-state index contributed by atoms with van der Waals surface area (Å²) in [5, 5.41) is 0. The van der Waals surface area contributed by atoms with E-state index in [2.05, 4.69) is 15.0 Å². The Morgan fingerprint density at radius 2 is 2.04 bits per heavy atom. The summed E-state index contributed by atoms with van der Waals surface area (Å²) >= 11 is 0. The van der Waals surface area contributed by atoms with Crippen molar-refractivity contribution in [3.8, 4) is 11.5 Å². The van der Waals surface area contributed by atoms with Crippen molar-refractivity contribution in [2.75, 3.05) is 7.11 Å². The highest BCUT2D eigenvalue weighted by Crippen LogP contribution is 2.26. The van der Waals surface area contributed by atoms with Crippen LogP contribution in [0.4, 0.5) is 0 Å². The largest absolute Gasteiger partial charge is 0.494 e. The molecule has 0 unspecified atom stereocenters. The van der Waals surface area contributed by atoms with Crippen molar-refractivity contribution >= 4 is 11.8 Å². The molecule has 0 fully saturated rings. The summed E-state index contributed by atoms with van der Waals surface area (Å²) < 4.78 is 11.1. The third kappa shape index (κ3) is 2.60. The van der Waals surface area contributed by atoms with Crippen LogP contribution in [0.5, 0.6) is 0 Å². The smallest absolute Gasteiger partial charge is 0.150 e. The molecule has 3 aromatic rings. The minimum absolute atomic E-state index is 0.740. The van der Waals surface area contributed by atoms with E-state index in [0.29, 0.717) is 0 Å². The fourth-order valence-electron chi connectivity index (χ4n) is 2.68. The first-order chi connectivity index (χ1) is 11.7. The second-order valence-corrected chi connectivity index (χ2v) is 5.56. The molecule has 1 aliphatic rings. The topological polar surface area (TPSA) is 66.3 Å². The monoisotopic (exact) mass is 319 g/mol. The Morgan fingerprint density at radius 1 is 1.12 bits per heavy atom. The maximum atomic E-state index is 5.64. The number of aryl methyl sites for hydroxylation is 1. The van der Waals surface area contributed by atoms with Crippen molar-refractivity contribution in [2.45, 2.75) is 6.92 Å². The lowest BCUT2D eigenvalue weighted by molar-refractivity contribution is 0.303. The van der Waals surface area contributed by atoms with Crippen LogP contribution in [-0.2, 0) is 4.74 Å². The van der Waals surface area contributed by atoms with Gasteiger partial charge in [0.15, 0.2) is 0 Å². The second-order valence-electron chi connectivity index (χ2n) is 5.56. The first kappa shape index (κ1) is 14.4. The molecule has 0 spiro atoms. The summed E-state index contributed by atoms with van der Waals surface area (Å²) in [5.41, 5.74) is 4.48. The fraction of sp³-hybridized carbons (Fsp3) is 0.105. The van der Waals surface area contributed by atoms with Crippen LogP contribution >= 0.6 is 0 Å². The molecule has 4 rings (SSSR count). The van der Waals surface area contributed by atoms with Crippen LogP contribution in [-0.4, -0.2) is 22.8 Å². The van der Waals surface area contributed by atoms with Gasteiger partial charge in [-0.1, -0.05) is 0 Å². The highest BCUT2D eigenvalue weighted by molar-refractivity contribution is 6.11. The van der Waals surface area contributed by atoms with Crippen molar-refractivity contribution in [1.29, 1.82) is 0 Å². The number of aromatic amines is 2. The molecule has 0 bridgehead atoms. The molecular weight excluding hydrogens is 302 g/mol. The van der Waals surface area contributed by atoms with Gasteiger partial charge in [-0.25, -0.2) is 4.99 Å². The van der Waals surface area contributed by atoms with Crippen molar-refractivity contribution < 1.29 is 9.15 Å². The predicted molar refractivity (Wildman–Crippen MR) is 93.6 cm³/mol. The lowest BCUT2D eigenvalue weighted by Crippen LogP contribution is -1.93. The molecule has 0 radical (unpaired) electrons. The van der Waals surface area contributed by atoms with Crippen LogP contribution in [0.1, 0.15) is 17.1 Å². The third-order valence-electron chi connectivity index (χ3n) is 3.86. The lowest BCUT2D eigenvalue weighted by Gasteiger charge is -2.00. The molecule has 0 amide bonds. The zero-order valence-corrected chi connectivity index (χ0v) is 13.5. The van der Waals surface area contributed by atoms with Gasteiger partial charge in [-0.05, 0) is 49.4 Å². The van der Waals surface area contributed by atoms with Crippen LogP contribution in [0.15, 0.2) is 69.5 Å². The number of rotatable bonds is 4. The predicted octanol–water partition coefficient (Wildman–Crippen LogP) is 4.29. The Kier molecular flexibility index (Phi) is 3.46. The standard InChI is InChI=1S/C19H17N3O2/c1-12-5-8-18(24-12)15-7-6-13(21-15)10-17-19(23-2)11-16(22-17)14-4-3-9-20-14/h3-11,20-21H,1-2H3/b17-10-. The van der Waals surface area contributed by atoms with E-state index >= 15 is 0 Å². The third-order valence-corrected chi connectivity index (χ3v) is 3.86. The van der Waals surface area contributed by atoms with Gasteiger partial charge in [-0.2, -0.15) is 0 Å². The van der Waals surface area contributed by atoms with E-state index in [4.69, 9.17) is 9.15 Å². The quantitative estimate of drug-likeness (QED) is 0.753. The molecular formula is C19H17N3O2. The molecule has 0 aliphatic carbocycles. The number of ether oxygens (including phenoxy) is 1. The normalized spacial score (nSPS) is 15.7. The molecule has 24 heavy (non-hydrogen) atoms. The molecule has 1 aliphatic heterocycles. The van der Waals surface area contributed by atoms with Gasteiger partial charge in [-0.3, -0.25) is 0 Å². The number of methoxy groups -OCH3 is 1. The van der Waals surface area contributed by atoms with Gasteiger partial charge in [0.05, 0.1) is 24.2 Å². The summed E-state index contributed by atoms with van der Waals surface area (Å²) in [5.74, 6) is 2.45. The van der Waals surface area contributed by atoms with E-state index in [1.807, 2.05) is 61.7 Å². The number of H-pyrrole nitrogens is 2. The number of aromatic nitrogens is 2. The van der Waals surface area contributed by atoms with Crippen molar-refractivity contribution in [3.63, 3.8) is 0 Å². The number of nitrogens with zero attached hydrogens (tertiary/aromatic N) is 1. The second kappa shape index (κ2) is 5.77. The average molecular weight is 319 g/mol. The van der Waals surface area contributed by atoms with Gasteiger partial charge in [0, 0.05) is 18.0 Å². The minimum Gasteiger partial charge on any atom is -0.494 e. The SMILES string of the molecule is COC1=CC(c2ccc[nH]2)=N/C1=C\c1ccc(-c2ccc(C)o2)[nH]1. The molecule has 2 N–H and O–H groups in total. The minimum atomic E-state index is 0.740. The average Bonchev–Trinajstić information content (AvgIpc) is 3.34. The maximum Gasteiger partial charge on any atom is 0.150 e. The van der Waals surface area contributed by atoms with E-state index in [-0.39, 0.29) is 0 Å². The number of furan rings is 1. The van der Waals surface area contributed by atoms with E-state index in [0.717, 1.165) is 45.8 Å². The molecule has 5 nitrogen and oxygen atoms in total. The molecule has 4 heterocycles. The van der Waals surface area contributed by atoms with E-state index in [1.165, 1.54) is 0 Å². The molecule has 5 heteroatoms.